The molecule has 0 radical (unpaired) electrons. The van der Waals surface area contributed by atoms with Gasteiger partial charge in [-0.15, -0.1) is 0 Å². The van der Waals surface area contributed by atoms with Gasteiger partial charge < -0.3 is 21.6 Å². The fraction of sp³-hybridized carbons (Fsp3) is 0.133. The number of hydrogen-bond acceptors (Lipinski definition) is 8. The van der Waals surface area contributed by atoms with Crippen molar-refractivity contribution in [2.24, 2.45) is 11.6 Å². The van der Waals surface area contributed by atoms with E-state index in [1.807, 2.05) is 6.92 Å². The Morgan fingerprint density at radius 1 is 1.28 bits per heavy atom. The molecule has 0 saturated heterocycles. The number of amides is 2. The number of anilines is 2. The van der Waals surface area contributed by atoms with Crippen molar-refractivity contribution in [2.75, 3.05) is 10.6 Å². The van der Waals surface area contributed by atoms with E-state index < -0.39 is 11.8 Å². The Morgan fingerprint density at radius 3 is 2.68 bits per heavy atom. The van der Waals surface area contributed by atoms with Crippen LogP contribution in [0.5, 0.6) is 5.75 Å². The summed E-state index contributed by atoms with van der Waals surface area (Å²) in [5, 5.41) is 15.2. The van der Waals surface area contributed by atoms with Crippen molar-refractivity contribution >= 4 is 34.0 Å². The van der Waals surface area contributed by atoms with Crippen LogP contribution in [0, 0.1) is 13.8 Å². The van der Waals surface area contributed by atoms with E-state index in [1.54, 1.807) is 19.1 Å². The number of hydrogen-bond donors (Lipinski definition) is 6. The Kier molecular flexibility index (Phi) is 5.57. The van der Waals surface area contributed by atoms with Crippen LogP contribution in [0.3, 0.4) is 0 Å². The number of nitrogens with one attached hydrogen (secondary N) is 3. The van der Waals surface area contributed by atoms with Gasteiger partial charge in [0.05, 0.1) is 11.9 Å². The van der Waals surface area contributed by atoms with Crippen molar-refractivity contribution in [3.8, 4) is 5.75 Å². The molecule has 0 atom stereocenters. The van der Waals surface area contributed by atoms with Gasteiger partial charge in [-0.3, -0.25) is 20.7 Å². The lowest BCUT2D eigenvalue weighted by atomic mass is 10.1. The summed E-state index contributed by atoms with van der Waals surface area (Å²) in [6.07, 6.45) is 2.47. The largest absolute Gasteiger partial charge is 0.508 e. The minimum absolute atomic E-state index is 0.0916. The monoisotopic (exact) mass is 362 g/mol. The summed E-state index contributed by atoms with van der Waals surface area (Å²) in [4.78, 5) is 28.4. The van der Waals surface area contributed by atoms with Crippen LogP contribution in [-0.2, 0) is 4.79 Å². The Morgan fingerprint density at radius 2 is 2.00 bits per heavy atom. The van der Waals surface area contributed by atoms with E-state index in [0.717, 1.165) is 23.1 Å². The number of carbonyl (C=O) groups excluding carboxylic acids is 2. The second-order valence-electron chi connectivity index (χ2n) is 5.11. The number of phenols is 1. The van der Waals surface area contributed by atoms with Gasteiger partial charge in [-0.05, 0) is 25.5 Å². The van der Waals surface area contributed by atoms with Crippen molar-refractivity contribution in [3.63, 3.8) is 0 Å². The Balaban J connectivity index is 2.12. The molecule has 0 spiro atoms. The maximum Gasteiger partial charge on any atom is 0.274 e. The smallest absolute Gasteiger partial charge is 0.274 e. The van der Waals surface area contributed by atoms with Crippen molar-refractivity contribution in [1.82, 2.24) is 10.4 Å². The molecule has 2 aromatic rings. The average molecular weight is 362 g/mol. The molecule has 1 aromatic carbocycles. The second-order valence-corrected chi connectivity index (χ2v) is 6.14. The molecule has 0 bridgehead atoms. The van der Waals surface area contributed by atoms with Crippen LogP contribution in [0.4, 0.5) is 10.8 Å². The first kappa shape index (κ1) is 18.2. The predicted molar refractivity (Wildman–Crippen MR) is 95.9 cm³/mol. The zero-order chi connectivity index (χ0) is 18.6. The molecule has 0 fully saturated rings. The summed E-state index contributed by atoms with van der Waals surface area (Å²) in [5.41, 5.74) is 9.41. The molecule has 0 aliphatic heterocycles. The maximum absolute atomic E-state index is 12.4. The molecular weight excluding hydrogens is 344 g/mol. The topological polar surface area (TPSA) is 155 Å². The molecule has 0 aliphatic rings. The zero-order valence-electron chi connectivity index (χ0n) is 13.6. The number of thiazole rings is 1. The number of aryl methyl sites for hydroxylation is 1. The van der Waals surface area contributed by atoms with E-state index >= 15 is 0 Å². The number of carbonyl (C=O) groups is 2. The summed E-state index contributed by atoms with van der Waals surface area (Å²) in [6, 6.07) is 3.27. The molecule has 2 rings (SSSR count). The Labute approximate surface area is 147 Å². The van der Waals surface area contributed by atoms with Crippen LogP contribution in [0.1, 0.15) is 20.8 Å². The van der Waals surface area contributed by atoms with Crippen LogP contribution in [0.15, 0.2) is 30.2 Å². The lowest BCUT2D eigenvalue weighted by Gasteiger charge is -2.11. The van der Waals surface area contributed by atoms with Crippen LogP contribution < -0.4 is 27.6 Å². The Hall–Kier alpha value is -3.11. The van der Waals surface area contributed by atoms with Crippen LogP contribution in [0.25, 0.3) is 0 Å². The minimum Gasteiger partial charge on any atom is -0.508 e. The van der Waals surface area contributed by atoms with E-state index in [2.05, 4.69) is 21.0 Å². The fourth-order valence-corrected chi connectivity index (χ4v) is 2.67. The highest BCUT2D eigenvalue weighted by atomic mass is 32.1. The first-order valence-electron chi connectivity index (χ1n) is 7.13. The molecule has 25 heavy (non-hydrogen) atoms. The molecule has 0 aliphatic carbocycles. The second kappa shape index (κ2) is 7.64. The first-order valence-corrected chi connectivity index (χ1v) is 7.94. The van der Waals surface area contributed by atoms with Gasteiger partial charge >= 0.3 is 0 Å². The highest BCUT2D eigenvalue weighted by Gasteiger charge is 2.16. The number of hydrazine groups is 1. The van der Waals surface area contributed by atoms with E-state index in [9.17, 15) is 14.7 Å². The summed E-state index contributed by atoms with van der Waals surface area (Å²) in [6.45, 7) is 3.53. The fourth-order valence-electron chi connectivity index (χ4n) is 1.97. The number of nitrogens with two attached hydrogens (primary N) is 2. The predicted octanol–water partition coefficient (Wildman–Crippen LogP) is 0.920. The van der Waals surface area contributed by atoms with E-state index in [-0.39, 0.29) is 21.5 Å². The molecule has 0 unspecified atom stereocenters. The van der Waals surface area contributed by atoms with Gasteiger partial charge in [0, 0.05) is 11.8 Å². The number of aromatic nitrogens is 1. The molecule has 1 aromatic heterocycles. The van der Waals surface area contributed by atoms with Crippen molar-refractivity contribution in [1.29, 1.82) is 0 Å². The quantitative estimate of drug-likeness (QED) is 0.262. The van der Waals surface area contributed by atoms with Gasteiger partial charge in [0.1, 0.15) is 16.3 Å². The number of rotatable bonds is 5. The third kappa shape index (κ3) is 4.25. The van der Waals surface area contributed by atoms with Crippen molar-refractivity contribution < 1.29 is 14.7 Å². The third-order valence-electron chi connectivity index (χ3n) is 3.33. The summed E-state index contributed by atoms with van der Waals surface area (Å²) < 4.78 is 0. The lowest BCUT2D eigenvalue weighted by Crippen LogP contribution is -2.24. The number of benzene rings is 1. The SMILES string of the molecule is Cc1ccc(O)c(C)c1NC(=O)c1cnc(NC(=O)/C(N)=C/NN)s1. The standard InChI is InChI=1S/C15H18N6O3S/c1-7-3-4-10(22)8(2)12(7)20-14(24)11-6-18-15(25-11)21-13(23)9(16)5-19-17/h3-6,19,22H,16-17H2,1-2H3,(H,20,24)(H,18,21,23)/b9-5-. The first-order chi connectivity index (χ1) is 11.8. The molecule has 10 heteroatoms. The van der Waals surface area contributed by atoms with Crippen molar-refractivity contribution in [3.05, 3.63) is 46.2 Å². The van der Waals surface area contributed by atoms with E-state index in [1.165, 1.54) is 6.20 Å². The third-order valence-corrected chi connectivity index (χ3v) is 4.25. The summed E-state index contributed by atoms with van der Waals surface area (Å²) >= 11 is 0.988. The highest BCUT2D eigenvalue weighted by Crippen LogP contribution is 2.29. The highest BCUT2D eigenvalue weighted by molar-refractivity contribution is 7.17. The number of phenolic OH excluding ortho intramolecular Hbond substituents is 1. The molecule has 2 amide bonds. The van der Waals surface area contributed by atoms with Gasteiger partial charge in [0.15, 0.2) is 5.13 Å². The van der Waals surface area contributed by atoms with Gasteiger partial charge in [0.2, 0.25) is 0 Å². The number of aromatic hydroxyl groups is 1. The molecular formula is C15H18N6O3S. The molecule has 132 valence electrons. The van der Waals surface area contributed by atoms with Crippen LogP contribution >= 0.6 is 11.3 Å². The average Bonchev–Trinajstić information content (AvgIpc) is 3.03. The minimum atomic E-state index is -0.598. The van der Waals surface area contributed by atoms with Crippen molar-refractivity contribution in [2.45, 2.75) is 13.8 Å². The lowest BCUT2D eigenvalue weighted by molar-refractivity contribution is -0.112. The number of nitrogens with zero attached hydrogens (tertiary/aromatic N) is 1. The summed E-state index contributed by atoms with van der Waals surface area (Å²) in [5.74, 6) is 4.13. The maximum atomic E-state index is 12.4. The molecule has 8 N–H and O–H groups in total. The van der Waals surface area contributed by atoms with Gasteiger partial charge in [-0.2, -0.15) is 0 Å². The van der Waals surface area contributed by atoms with Gasteiger partial charge in [-0.25, -0.2) is 4.98 Å². The summed E-state index contributed by atoms with van der Waals surface area (Å²) in [7, 11) is 0. The van der Waals surface area contributed by atoms with E-state index in [4.69, 9.17) is 11.6 Å². The van der Waals surface area contributed by atoms with E-state index in [0.29, 0.717) is 11.3 Å². The van der Waals surface area contributed by atoms with Crippen LogP contribution in [-0.4, -0.2) is 21.9 Å². The zero-order valence-corrected chi connectivity index (χ0v) is 14.4. The molecule has 9 nitrogen and oxygen atoms in total. The van der Waals surface area contributed by atoms with Gasteiger partial charge in [-0.1, -0.05) is 17.4 Å². The van der Waals surface area contributed by atoms with Gasteiger partial charge in [0.25, 0.3) is 11.8 Å². The molecule has 0 saturated carbocycles. The molecule has 1 heterocycles. The Bertz CT molecular complexity index is 846. The normalized spacial score (nSPS) is 11.1. The van der Waals surface area contributed by atoms with Crippen LogP contribution in [0.2, 0.25) is 0 Å².